The molecule has 0 aliphatic rings. The second kappa shape index (κ2) is 8.54. The lowest BCUT2D eigenvalue weighted by Crippen LogP contribution is -2.23. The molecule has 0 aliphatic carbocycles. The van der Waals surface area contributed by atoms with E-state index in [1.165, 1.54) is 37.7 Å². The number of unbranched alkanes of at least 4 members (excludes halogenated alkanes) is 3. The number of rotatable bonds is 8. The zero-order valence-electron chi connectivity index (χ0n) is 11.0. The fourth-order valence-electron chi connectivity index (χ4n) is 1.85. The first kappa shape index (κ1) is 14.5. The Labute approximate surface area is 111 Å². The second-order valence-electron chi connectivity index (χ2n) is 4.90. The van der Waals surface area contributed by atoms with Crippen LogP contribution in [0.4, 0.5) is 0 Å². The molecular weight excluding hydrogens is 230 g/mol. The summed E-state index contributed by atoms with van der Waals surface area (Å²) in [6, 6.07) is 8.82. The Hall–Kier alpha value is -0.530. The molecule has 0 amide bonds. The van der Waals surface area contributed by atoms with E-state index in [9.17, 15) is 0 Å². The van der Waals surface area contributed by atoms with Gasteiger partial charge in [-0.25, -0.2) is 0 Å². The molecule has 1 nitrogen and oxygen atoms in total. The molecule has 17 heavy (non-hydrogen) atoms. The van der Waals surface area contributed by atoms with E-state index in [0.29, 0.717) is 6.04 Å². The third-order valence-electron chi connectivity index (χ3n) is 2.86. The predicted molar refractivity (Wildman–Crippen MR) is 76.8 cm³/mol. The van der Waals surface area contributed by atoms with E-state index in [4.69, 9.17) is 11.6 Å². The van der Waals surface area contributed by atoms with Crippen LogP contribution in [-0.2, 0) is 6.42 Å². The minimum absolute atomic E-state index is 0.615. The van der Waals surface area contributed by atoms with Crippen LogP contribution in [0.2, 0.25) is 5.02 Å². The molecule has 0 fully saturated rings. The van der Waals surface area contributed by atoms with Crippen molar-refractivity contribution >= 4 is 11.6 Å². The minimum atomic E-state index is 0.615. The van der Waals surface area contributed by atoms with Crippen molar-refractivity contribution in [3.05, 3.63) is 34.9 Å². The minimum Gasteiger partial charge on any atom is -0.315 e. The number of aryl methyl sites for hydroxylation is 1. The Balaban J connectivity index is 1.99. The summed E-state index contributed by atoms with van der Waals surface area (Å²) in [5.41, 5.74) is 1.40. The summed E-state index contributed by atoms with van der Waals surface area (Å²) in [5, 5.41) is 4.27. The third-order valence-corrected chi connectivity index (χ3v) is 3.11. The van der Waals surface area contributed by atoms with Crippen LogP contribution in [0, 0.1) is 0 Å². The van der Waals surface area contributed by atoms with E-state index in [1.54, 1.807) is 0 Å². The Bertz CT molecular complexity index is 292. The van der Waals surface area contributed by atoms with E-state index in [2.05, 4.69) is 31.3 Å². The van der Waals surface area contributed by atoms with Crippen LogP contribution >= 0.6 is 11.6 Å². The lowest BCUT2D eigenvalue weighted by Gasteiger charge is -2.07. The molecule has 0 aliphatic heterocycles. The largest absolute Gasteiger partial charge is 0.315 e. The number of hydrogen-bond donors (Lipinski definition) is 1. The van der Waals surface area contributed by atoms with Crippen molar-refractivity contribution < 1.29 is 0 Å². The molecule has 0 aromatic heterocycles. The van der Waals surface area contributed by atoms with Crippen LogP contribution < -0.4 is 5.32 Å². The topological polar surface area (TPSA) is 12.0 Å². The van der Waals surface area contributed by atoms with Gasteiger partial charge in [-0.15, -0.1) is 0 Å². The molecule has 96 valence electrons. The monoisotopic (exact) mass is 253 g/mol. The number of halogens is 1. The quantitative estimate of drug-likeness (QED) is 0.676. The summed E-state index contributed by atoms with van der Waals surface area (Å²) in [5.74, 6) is 0. The van der Waals surface area contributed by atoms with Gasteiger partial charge in [-0.1, -0.05) is 50.4 Å². The molecule has 0 saturated carbocycles. The van der Waals surface area contributed by atoms with Crippen molar-refractivity contribution in [3.63, 3.8) is 0 Å². The van der Waals surface area contributed by atoms with Gasteiger partial charge >= 0.3 is 0 Å². The first-order chi connectivity index (χ1) is 8.18. The van der Waals surface area contributed by atoms with Gasteiger partial charge in [-0.05, 0) is 43.5 Å². The molecule has 1 N–H and O–H groups in total. The molecule has 0 spiro atoms. The van der Waals surface area contributed by atoms with Crippen LogP contribution in [0.3, 0.4) is 0 Å². The zero-order chi connectivity index (χ0) is 12.5. The van der Waals surface area contributed by atoms with Crippen LogP contribution in [0.15, 0.2) is 24.3 Å². The summed E-state index contributed by atoms with van der Waals surface area (Å²) >= 11 is 5.85. The Morgan fingerprint density at radius 3 is 2.29 bits per heavy atom. The summed E-state index contributed by atoms with van der Waals surface area (Å²) in [7, 11) is 0. The zero-order valence-corrected chi connectivity index (χ0v) is 11.8. The van der Waals surface area contributed by atoms with Crippen molar-refractivity contribution in [2.45, 2.75) is 52.0 Å². The molecule has 2 heteroatoms. The third kappa shape index (κ3) is 7.40. The van der Waals surface area contributed by atoms with Gasteiger partial charge in [0.25, 0.3) is 0 Å². The van der Waals surface area contributed by atoms with Gasteiger partial charge in [0.05, 0.1) is 0 Å². The Morgan fingerprint density at radius 2 is 1.65 bits per heavy atom. The normalized spacial score (nSPS) is 11.1. The smallest absolute Gasteiger partial charge is 0.0406 e. The van der Waals surface area contributed by atoms with Gasteiger partial charge < -0.3 is 5.32 Å². The highest BCUT2D eigenvalue weighted by Gasteiger charge is 1.95. The number of benzene rings is 1. The lowest BCUT2D eigenvalue weighted by molar-refractivity contribution is 0.542. The molecule has 1 rings (SSSR count). The maximum Gasteiger partial charge on any atom is 0.0406 e. The summed E-state index contributed by atoms with van der Waals surface area (Å²) < 4.78 is 0. The number of hydrogen-bond acceptors (Lipinski definition) is 1. The fourth-order valence-corrected chi connectivity index (χ4v) is 1.98. The summed E-state index contributed by atoms with van der Waals surface area (Å²) in [6.07, 6.45) is 6.40. The molecule has 1 aromatic rings. The van der Waals surface area contributed by atoms with Gasteiger partial charge in [-0.2, -0.15) is 0 Å². The summed E-state index contributed by atoms with van der Waals surface area (Å²) in [6.45, 7) is 5.54. The highest BCUT2D eigenvalue weighted by atomic mass is 35.5. The molecule has 0 atom stereocenters. The van der Waals surface area contributed by atoms with Crippen molar-refractivity contribution in [3.8, 4) is 0 Å². The first-order valence-corrected chi connectivity index (χ1v) is 7.04. The summed E-state index contributed by atoms with van der Waals surface area (Å²) in [4.78, 5) is 0. The average Bonchev–Trinajstić information content (AvgIpc) is 2.30. The van der Waals surface area contributed by atoms with Gasteiger partial charge in [0.2, 0.25) is 0 Å². The van der Waals surface area contributed by atoms with Gasteiger partial charge in [0.1, 0.15) is 0 Å². The molecule has 0 unspecified atom stereocenters. The van der Waals surface area contributed by atoms with Crippen molar-refractivity contribution in [2.24, 2.45) is 0 Å². The molecule has 0 heterocycles. The molecule has 0 saturated heterocycles. The fraction of sp³-hybridized carbons (Fsp3) is 0.600. The van der Waals surface area contributed by atoms with Crippen LogP contribution in [0.5, 0.6) is 0 Å². The van der Waals surface area contributed by atoms with Crippen LogP contribution in [0.25, 0.3) is 0 Å². The second-order valence-corrected chi connectivity index (χ2v) is 5.34. The van der Waals surface area contributed by atoms with Gasteiger partial charge in [0.15, 0.2) is 0 Å². The highest BCUT2D eigenvalue weighted by molar-refractivity contribution is 6.30. The van der Waals surface area contributed by atoms with Gasteiger partial charge in [0, 0.05) is 11.1 Å². The van der Waals surface area contributed by atoms with E-state index in [-0.39, 0.29) is 0 Å². The standard InChI is InChI=1S/C15H24ClN/c1-13(2)17-12-6-4-3-5-7-14-8-10-15(16)11-9-14/h8-11,13,17H,3-7,12H2,1-2H3. The average molecular weight is 254 g/mol. The van der Waals surface area contributed by atoms with E-state index in [1.807, 2.05) is 12.1 Å². The van der Waals surface area contributed by atoms with E-state index in [0.717, 1.165) is 11.6 Å². The van der Waals surface area contributed by atoms with Gasteiger partial charge in [-0.3, -0.25) is 0 Å². The predicted octanol–water partition coefficient (Wildman–Crippen LogP) is 4.44. The van der Waals surface area contributed by atoms with Crippen molar-refractivity contribution in [1.29, 1.82) is 0 Å². The van der Waals surface area contributed by atoms with Crippen molar-refractivity contribution in [1.82, 2.24) is 5.32 Å². The van der Waals surface area contributed by atoms with Crippen LogP contribution in [-0.4, -0.2) is 12.6 Å². The van der Waals surface area contributed by atoms with E-state index >= 15 is 0 Å². The SMILES string of the molecule is CC(C)NCCCCCCc1ccc(Cl)cc1. The Kier molecular flexibility index (Phi) is 7.30. The van der Waals surface area contributed by atoms with Crippen molar-refractivity contribution in [2.75, 3.05) is 6.54 Å². The van der Waals surface area contributed by atoms with E-state index < -0.39 is 0 Å². The maximum absolute atomic E-state index is 5.85. The highest BCUT2D eigenvalue weighted by Crippen LogP contribution is 2.12. The maximum atomic E-state index is 5.85. The number of nitrogens with one attached hydrogen (secondary N) is 1. The molecule has 1 aromatic carbocycles. The van der Waals surface area contributed by atoms with Crippen LogP contribution in [0.1, 0.15) is 45.1 Å². The molecular formula is C15H24ClN. The lowest BCUT2D eigenvalue weighted by atomic mass is 10.1. The first-order valence-electron chi connectivity index (χ1n) is 6.66. The molecule has 0 radical (unpaired) electrons. The Morgan fingerprint density at radius 1 is 1.00 bits per heavy atom. The molecule has 0 bridgehead atoms.